The summed E-state index contributed by atoms with van der Waals surface area (Å²) >= 11 is 0. The SMILES string of the molecule is COc1cc(CN2C[C@H](OC(C)C)[C@@H](O)C2)ccc1OCCN1CCCC1. The largest absolute Gasteiger partial charge is 0.493 e. The minimum Gasteiger partial charge on any atom is -0.493 e. The Morgan fingerprint density at radius 3 is 2.59 bits per heavy atom. The van der Waals surface area contributed by atoms with Crippen LogP contribution in [-0.4, -0.2) is 79.7 Å². The molecule has 2 atom stereocenters. The van der Waals surface area contributed by atoms with Crippen LogP contribution >= 0.6 is 0 Å². The van der Waals surface area contributed by atoms with Crippen molar-refractivity contribution in [3.05, 3.63) is 23.8 Å². The molecule has 6 heteroatoms. The van der Waals surface area contributed by atoms with Crippen LogP contribution < -0.4 is 9.47 Å². The van der Waals surface area contributed by atoms with Gasteiger partial charge in [0.1, 0.15) is 6.61 Å². The molecule has 0 spiro atoms. The van der Waals surface area contributed by atoms with E-state index in [0.717, 1.165) is 36.7 Å². The van der Waals surface area contributed by atoms with Gasteiger partial charge in [0.15, 0.2) is 11.5 Å². The fourth-order valence-electron chi connectivity index (χ4n) is 3.92. The molecule has 2 fully saturated rings. The van der Waals surface area contributed by atoms with Crippen molar-refractivity contribution < 1.29 is 19.3 Å². The highest BCUT2D eigenvalue weighted by molar-refractivity contribution is 5.43. The Bertz CT molecular complexity index is 590. The van der Waals surface area contributed by atoms with Crippen LogP contribution in [0.5, 0.6) is 11.5 Å². The Labute approximate surface area is 163 Å². The predicted molar refractivity (Wildman–Crippen MR) is 105 cm³/mol. The monoisotopic (exact) mass is 378 g/mol. The molecule has 3 rings (SSSR count). The van der Waals surface area contributed by atoms with E-state index in [4.69, 9.17) is 14.2 Å². The number of hydrogen-bond donors (Lipinski definition) is 1. The Kier molecular flexibility index (Phi) is 7.35. The molecule has 0 unspecified atom stereocenters. The molecule has 2 aliphatic heterocycles. The molecule has 1 aromatic rings. The van der Waals surface area contributed by atoms with Crippen LogP contribution in [0.15, 0.2) is 18.2 Å². The molecule has 1 aromatic carbocycles. The smallest absolute Gasteiger partial charge is 0.161 e. The first kappa shape index (κ1) is 20.4. The highest BCUT2D eigenvalue weighted by Crippen LogP contribution is 2.29. The normalized spacial score (nSPS) is 24.0. The lowest BCUT2D eigenvalue weighted by molar-refractivity contribution is -0.0396. The minimum atomic E-state index is -0.428. The number of methoxy groups -OCH3 is 1. The standard InChI is InChI=1S/C21H34N2O4/c1-16(2)27-21-15-23(14-18(21)24)13-17-6-7-19(20(12-17)25-3)26-11-10-22-8-4-5-9-22/h6-7,12,16,18,21,24H,4-5,8-11,13-15H2,1-3H3/t18-,21-/m0/s1. The van der Waals surface area contributed by atoms with Gasteiger partial charge in [-0.3, -0.25) is 9.80 Å². The van der Waals surface area contributed by atoms with Crippen molar-refractivity contribution in [2.75, 3.05) is 46.4 Å². The van der Waals surface area contributed by atoms with Gasteiger partial charge in [0.2, 0.25) is 0 Å². The molecule has 0 radical (unpaired) electrons. The van der Waals surface area contributed by atoms with Crippen LogP contribution in [0.4, 0.5) is 0 Å². The van der Waals surface area contributed by atoms with Gasteiger partial charge in [0, 0.05) is 26.2 Å². The van der Waals surface area contributed by atoms with Crippen molar-refractivity contribution >= 4 is 0 Å². The molecule has 0 aromatic heterocycles. The third kappa shape index (κ3) is 5.82. The molecule has 0 saturated carbocycles. The van der Waals surface area contributed by atoms with E-state index >= 15 is 0 Å². The fraction of sp³-hybridized carbons (Fsp3) is 0.714. The van der Waals surface area contributed by atoms with Crippen molar-refractivity contribution in [2.24, 2.45) is 0 Å². The Morgan fingerprint density at radius 1 is 1.11 bits per heavy atom. The average molecular weight is 379 g/mol. The summed E-state index contributed by atoms with van der Waals surface area (Å²) in [7, 11) is 1.68. The van der Waals surface area contributed by atoms with Gasteiger partial charge in [-0.25, -0.2) is 0 Å². The van der Waals surface area contributed by atoms with Gasteiger partial charge >= 0.3 is 0 Å². The summed E-state index contributed by atoms with van der Waals surface area (Å²) in [5.41, 5.74) is 1.15. The molecule has 0 aliphatic carbocycles. The molecular formula is C21H34N2O4. The van der Waals surface area contributed by atoms with Crippen molar-refractivity contribution in [2.45, 2.75) is 51.5 Å². The van der Waals surface area contributed by atoms with Gasteiger partial charge < -0.3 is 19.3 Å². The quantitative estimate of drug-likeness (QED) is 0.711. The lowest BCUT2D eigenvalue weighted by Crippen LogP contribution is -2.29. The van der Waals surface area contributed by atoms with Crippen molar-refractivity contribution in [1.82, 2.24) is 9.80 Å². The zero-order chi connectivity index (χ0) is 19.2. The number of aliphatic hydroxyl groups excluding tert-OH is 1. The third-order valence-corrected chi connectivity index (χ3v) is 5.26. The Morgan fingerprint density at radius 2 is 1.89 bits per heavy atom. The van der Waals surface area contributed by atoms with Crippen LogP contribution in [0.25, 0.3) is 0 Å². The maximum atomic E-state index is 10.2. The number of benzene rings is 1. The number of ether oxygens (including phenoxy) is 3. The number of aliphatic hydroxyl groups is 1. The molecule has 2 saturated heterocycles. The molecule has 27 heavy (non-hydrogen) atoms. The van der Waals surface area contributed by atoms with Gasteiger partial charge in [-0.15, -0.1) is 0 Å². The number of likely N-dealkylation sites (tertiary alicyclic amines) is 2. The van der Waals surface area contributed by atoms with E-state index in [-0.39, 0.29) is 12.2 Å². The third-order valence-electron chi connectivity index (χ3n) is 5.26. The number of β-amino-alcohol motifs (C(OH)–C–C–N with tert-alkyl or cyclic N) is 1. The van der Waals surface area contributed by atoms with E-state index in [1.807, 2.05) is 26.0 Å². The highest BCUT2D eigenvalue weighted by Gasteiger charge is 2.32. The van der Waals surface area contributed by atoms with E-state index in [1.54, 1.807) is 7.11 Å². The zero-order valence-electron chi connectivity index (χ0n) is 16.9. The summed E-state index contributed by atoms with van der Waals surface area (Å²) in [5.74, 6) is 1.56. The average Bonchev–Trinajstić information content (AvgIpc) is 3.26. The van der Waals surface area contributed by atoms with Crippen LogP contribution in [0.1, 0.15) is 32.3 Å². The molecule has 2 heterocycles. The van der Waals surface area contributed by atoms with E-state index in [2.05, 4.69) is 15.9 Å². The van der Waals surface area contributed by atoms with Gasteiger partial charge in [0.25, 0.3) is 0 Å². The van der Waals surface area contributed by atoms with Crippen LogP contribution in [-0.2, 0) is 11.3 Å². The number of nitrogens with zero attached hydrogens (tertiary/aromatic N) is 2. The van der Waals surface area contributed by atoms with Crippen LogP contribution in [0.2, 0.25) is 0 Å². The number of rotatable bonds is 9. The second-order valence-corrected chi connectivity index (χ2v) is 7.87. The summed E-state index contributed by atoms with van der Waals surface area (Å²) in [4.78, 5) is 4.66. The summed E-state index contributed by atoms with van der Waals surface area (Å²) in [6, 6.07) is 6.11. The lowest BCUT2D eigenvalue weighted by atomic mass is 10.2. The maximum Gasteiger partial charge on any atom is 0.161 e. The van der Waals surface area contributed by atoms with E-state index in [0.29, 0.717) is 13.2 Å². The fourth-order valence-corrected chi connectivity index (χ4v) is 3.92. The summed E-state index contributed by atoms with van der Waals surface area (Å²) in [6.45, 7) is 10.2. The van der Waals surface area contributed by atoms with Gasteiger partial charge in [0.05, 0.1) is 25.4 Å². The Hall–Kier alpha value is -1.34. The maximum absolute atomic E-state index is 10.2. The second kappa shape index (κ2) is 9.73. The van der Waals surface area contributed by atoms with Crippen molar-refractivity contribution in [1.29, 1.82) is 0 Å². The molecule has 0 amide bonds. The molecule has 6 nitrogen and oxygen atoms in total. The van der Waals surface area contributed by atoms with Crippen molar-refractivity contribution in [3.63, 3.8) is 0 Å². The lowest BCUT2D eigenvalue weighted by Gasteiger charge is -2.19. The zero-order valence-corrected chi connectivity index (χ0v) is 16.9. The minimum absolute atomic E-state index is 0.111. The van der Waals surface area contributed by atoms with Gasteiger partial charge in [-0.2, -0.15) is 0 Å². The summed E-state index contributed by atoms with van der Waals surface area (Å²) in [5, 5.41) is 10.2. The molecule has 1 N–H and O–H groups in total. The van der Waals surface area contributed by atoms with Crippen LogP contribution in [0, 0.1) is 0 Å². The van der Waals surface area contributed by atoms with Gasteiger partial charge in [-0.05, 0) is 57.5 Å². The molecule has 0 bridgehead atoms. The van der Waals surface area contributed by atoms with E-state index in [9.17, 15) is 5.11 Å². The van der Waals surface area contributed by atoms with Gasteiger partial charge in [-0.1, -0.05) is 6.07 Å². The molecule has 152 valence electrons. The van der Waals surface area contributed by atoms with Crippen LogP contribution in [0.3, 0.4) is 0 Å². The first-order chi connectivity index (χ1) is 13.0. The number of hydrogen-bond acceptors (Lipinski definition) is 6. The summed E-state index contributed by atoms with van der Waals surface area (Å²) in [6.07, 6.45) is 2.18. The van der Waals surface area contributed by atoms with E-state index < -0.39 is 6.10 Å². The second-order valence-electron chi connectivity index (χ2n) is 7.87. The van der Waals surface area contributed by atoms with Crippen molar-refractivity contribution in [3.8, 4) is 11.5 Å². The Balaban J connectivity index is 1.52. The first-order valence-electron chi connectivity index (χ1n) is 10.1. The molecule has 2 aliphatic rings. The highest BCUT2D eigenvalue weighted by atomic mass is 16.5. The molecular weight excluding hydrogens is 344 g/mol. The summed E-state index contributed by atoms with van der Waals surface area (Å²) < 4.78 is 17.3. The predicted octanol–water partition coefficient (Wildman–Crippen LogP) is 2.14. The first-order valence-corrected chi connectivity index (χ1v) is 10.1. The van der Waals surface area contributed by atoms with E-state index in [1.165, 1.54) is 25.9 Å². The topological polar surface area (TPSA) is 54.4 Å².